The number of nitrogens with one attached hydrogen (secondary N) is 3. The van der Waals surface area contributed by atoms with E-state index in [0.29, 0.717) is 12.1 Å². The van der Waals surface area contributed by atoms with Gasteiger partial charge in [0.15, 0.2) is 9.84 Å². The summed E-state index contributed by atoms with van der Waals surface area (Å²) < 4.78 is 23.1. The standard InChI is InChI=1S/C23H24N4O3S/c28-23(25-18-11-12-31(29,30)14-18)24-17-7-9-20-16(13-17)6-10-22(26-20)27-21-8-5-15-3-1-2-4-19(15)21/h1-4,6-7,9-10,13,18,21H,5,8,11-12,14H2,(H,26,27)(H2,24,25,28). The lowest BCUT2D eigenvalue weighted by molar-refractivity contribution is 0.249. The monoisotopic (exact) mass is 436 g/mol. The molecule has 1 saturated heterocycles. The molecule has 8 heteroatoms. The number of carbonyl (C=O) groups excluding carboxylic acids is 1. The number of aryl methyl sites for hydroxylation is 1. The molecule has 2 atom stereocenters. The lowest BCUT2D eigenvalue weighted by Crippen LogP contribution is -2.38. The van der Waals surface area contributed by atoms with Crippen LogP contribution in [0.1, 0.15) is 30.0 Å². The van der Waals surface area contributed by atoms with Crippen LogP contribution < -0.4 is 16.0 Å². The molecule has 2 heterocycles. The predicted molar refractivity (Wildman–Crippen MR) is 122 cm³/mol. The molecule has 0 bridgehead atoms. The van der Waals surface area contributed by atoms with Crippen LogP contribution in [0.3, 0.4) is 0 Å². The average Bonchev–Trinajstić information content (AvgIpc) is 3.30. The van der Waals surface area contributed by atoms with Crippen LogP contribution in [0.2, 0.25) is 0 Å². The SMILES string of the molecule is O=C(Nc1ccc2nc(NC3CCc4ccccc43)ccc2c1)NC1CCS(=O)(=O)C1. The highest BCUT2D eigenvalue weighted by molar-refractivity contribution is 7.91. The first-order chi connectivity index (χ1) is 14.9. The summed E-state index contributed by atoms with van der Waals surface area (Å²) in [5.74, 6) is 0.959. The highest BCUT2D eigenvalue weighted by Gasteiger charge is 2.29. The lowest BCUT2D eigenvalue weighted by atomic mass is 10.1. The van der Waals surface area contributed by atoms with Gasteiger partial charge < -0.3 is 16.0 Å². The number of nitrogens with zero attached hydrogens (tertiary/aromatic N) is 1. The van der Waals surface area contributed by atoms with E-state index in [1.54, 1.807) is 6.07 Å². The molecule has 1 aliphatic heterocycles. The lowest BCUT2D eigenvalue weighted by Gasteiger charge is -2.15. The Kier molecular flexibility index (Phi) is 5.02. The Morgan fingerprint density at radius 3 is 2.74 bits per heavy atom. The molecule has 1 aromatic heterocycles. The third kappa shape index (κ3) is 4.34. The summed E-state index contributed by atoms with van der Waals surface area (Å²) in [5, 5.41) is 9.98. The minimum Gasteiger partial charge on any atom is -0.363 e. The number of rotatable bonds is 4. The Hall–Kier alpha value is -3.13. The topological polar surface area (TPSA) is 100 Å². The number of benzene rings is 2. The molecule has 160 valence electrons. The molecule has 5 rings (SSSR count). The van der Waals surface area contributed by atoms with Crippen molar-refractivity contribution < 1.29 is 13.2 Å². The van der Waals surface area contributed by atoms with Gasteiger partial charge in [0.05, 0.1) is 23.1 Å². The molecular formula is C23H24N4O3S. The Morgan fingerprint density at radius 1 is 1.03 bits per heavy atom. The second kappa shape index (κ2) is 7.85. The van der Waals surface area contributed by atoms with Gasteiger partial charge in [0, 0.05) is 17.1 Å². The van der Waals surface area contributed by atoms with Crippen molar-refractivity contribution >= 4 is 38.3 Å². The minimum atomic E-state index is -3.03. The van der Waals surface area contributed by atoms with Gasteiger partial charge >= 0.3 is 6.03 Å². The first kappa shape index (κ1) is 19.8. The van der Waals surface area contributed by atoms with E-state index in [-0.39, 0.29) is 23.6 Å². The molecule has 0 radical (unpaired) electrons. The molecule has 31 heavy (non-hydrogen) atoms. The third-order valence-corrected chi connectivity index (χ3v) is 7.74. The first-order valence-corrected chi connectivity index (χ1v) is 12.3. The fourth-order valence-electron chi connectivity index (χ4n) is 4.43. The molecule has 2 aromatic carbocycles. The molecule has 1 fully saturated rings. The molecule has 2 aliphatic rings. The van der Waals surface area contributed by atoms with Gasteiger partial charge in [0.25, 0.3) is 0 Å². The van der Waals surface area contributed by atoms with Crippen LogP contribution in [0.15, 0.2) is 54.6 Å². The maximum atomic E-state index is 12.2. The fourth-order valence-corrected chi connectivity index (χ4v) is 6.10. The number of anilines is 2. The minimum absolute atomic E-state index is 0.00328. The number of urea groups is 1. The Labute approximate surface area is 181 Å². The fraction of sp³-hybridized carbons (Fsp3) is 0.304. The number of aromatic nitrogens is 1. The van der Waals surface area contributed by atoms with E-state index in [9.17, 15) is 13.2 Å². The van der Waals surface area contributed by atoms with Crippen molar-refractivity contribution in [2.75, 3.05) is 22.1 Å². The summed E-state index contributed by atoms with van der Waals surface area (Å²) >= 11 is 0. The zero-order valence-electron chi connectivity index (χ0n) is 17.0. The van der Waals surface area contributed by atoms with E-state index >= 15 is 0 Å². The van der Waals surface area contributed by atoms with Crippen LogP contribution in [0.5, 0.6) is 0 Å². The van der Waals surface area contributed by atoms with E-state index in [1.165, 1.54) is 11.1 Å². The Morgan fingerprint density at radius 2 is 1.90 bits per heavy atom. The van der Waals surface area contributed by atoms with Crippen molar-refractivity contribution in [3.63, 3.8) is 0 Å². The van der Waals surface area contributed by atoms with E-state index in [1.807, 2.05) is 24.3 Å². The van der Waals surface area contributed by atoms with Crippen molar-refractivity contribution in [2.45, 2.75) is 31.3 Å². The van der Waals surface area contributed by atoms with Gasteiger partial charge in [-0.15, -0.1) is 0 Å². The van der Waals surface area contributed by atoms with E-state index in [4.69, 9.17) is 4.98 Å². The number of fused-ring (bicyclic) bond motifs is 2. The molecule has 2 unspecified atom stereocenters. The van der Waals surface area contributed by atoms with Crippen molar-refractivity contribution in [1.29, 1.82) is 0 Å². The van der Waals surface area contributed by atoms with Crippen molar-refractivity contribution in [1.82, 2.24) is 10.3 Å². The average molecular weight is 437 g/mol. The van der Waals surface area contributed by atoms with Gasteiger partial charge in [-0.05, 0) is 60.7 Å². The number of sulfone groups is 1. The number of hydrogen-bond acceptors (Lipinski definition) is 5. The second-order valence-electron chi connectivity index (χ2n) is 8.24. The quantitative estimate of drug-likeness (QED) is 0.580. The Balaban J connectivity index is 1.25. The highest BCUT2D eigenvalue weighted by atomic mass is 32.2. The summed E-state index contributed by atoms with van der Waals surface area (Å²) in [6.45, 7) is 0. The van der Waals surface area contributed by atoms with E-state index in [0.717, 1.165) is 29.6 Å². The number of hydrogen-bond donors (Lipinski definition) is 3. The summed E-state index contributed by atoms with van der Waals surface area (Å²) in [4.78, 5) is 16.9. The largest absolute Gasteiger partial charge is 0.363 e. The van der Waals surface area contributed by atoms with Gasteiger partial charge in [-0.25, -0.2) is 18.2 Å². The zero-order valence-corrected chi connectivity index (χ0v) is 17.8. The molecule has 0 saturated carbocycles. The van der Waals surface area contributed by atoms with Gasteiger partial charge in [0.2, 0.25) is 0 Å². The van der Waals surface area contributed by atoms with Gasteiger partial charge in [0.1, 0.15) is 5.82 Å². The van der Waals surface area contributed by atoms with Crippen LogP contribution in [-0.4, -0.2) is 37.0 Å². The van der Waals surface area contributed by atoms with Gasteiger partial charge in [-0.2, -0.15) is 0 Å². The zero-order chi connectivity index (χ0) is 21.4. The molecule has 1 aliphatic carbocycles. The maximum Gasteiger partial charge on any atom is 0.319 e. The number of amides is 2. The summed E-state index contributed by atoms with van der Waals surface area (Å²) in [6, 6.07) is 17.5. The predicted octanol–water partition coefficient (Wildman–Crippen LogP) is 3.64. The van der Waals surface area contributed by atoms with E-state index < -0.39 is 15.9 Å². The van der Waals surface area contributed by atoms with Crippen molar-refractivity contribution in [3.05, 3.63) is 65.7 Å². The smallest absolute Gasteiger partial charge is 0.319 e. The molecule has 3 N–H and O–H groups in total. The molecule has 3 aromatic rings. The highest BCUT2D eigenvalue weighted by Crippen LogP contribution is 2.33. The van der Waals surface area contributed by atoms with Crippen LogP contribution in [0.25, 0.3) is 10.9 Å². The van der Waals surface area contributed by atoms with Crippen LogP contribution in [0, 0.1) is 0 Å². The van der Waals surface area contributed by atoms with E-state index in [2.05, 4.69) is 40.2 Å². The number of pyridine rings is 1. The first-order valence-electron chi connectivity index (χ1n) is 10.5. The maximum absolute atomic E-state index is 12.2. The van der Waals surface area contributed by atoms with Crippen molar-refractivity contribution in [2.24, 2.45) is 0 Å². The summed E-state index contributed by atoms with van der Waals surface area (Å²) in [5.41, 5.74) is 4.21. The Bertz CT molecular complexity index is 1260. The molecular weight excluding hydrogens is 412 g/mol. The van der Waals surface area contributed by atoms with Gasteiger partial charge in [-0.1, -0.05) is 24.3 Å². The van der Waals surface area contributed by atoms with Crippen LogP contribution in [-0.2, 0) is 16.3 Å². The molecule has 2 amide bonds. The van der Waals surface area contributed by atoms with Crippen LogP contribution in [0.4, 0.5) is 16.3 Å². The number of carbonyl (C=O) groups is 1. The normalized spacial score (nSPS) is 21.5. The van der Waals surface area contributed by atoms with Gasteiger partial charge in [-0.3, -0.25) is 0 Å². The molecule has 0 spiro atoms. The third-order valence-electron chi connectivity index (χ3n) is 5.97. The molecule has 7 nitrogen and oxygen atoms in total. The second-order valence-corrected chi connectivity index (χ2v) is 10.5. The van der Waals surface area contributed by atoms with Crippen LogP contribution >= 0.6 is 0 Å². The summed E-state index contributed by atoms with van der Waals surface area (Å²) in [7, 11) is -3.03. The van der Waals surface area contributed by atoms with Crippen molar-refractivity contribution in [3.8, 4) is 0 Å². The summed E-state index contributed by atoms with van der Waals surface area (Å²) in [6.07, 6.45) is 2.59.